The van der Waals surface area contributed by atoms with E-state index >= 15 is 0 Å². The van der Waals surface area contributed by atoms with Crippen LogP contribution in [0.3, 0.4) is 0 Å². The zero-order valence-corrected chi connectivity index (χ0v) is 22.6. The number of carboxylic acids is 1. The number of fused-ring (bicyclic) bond motifs is 1. The van der Waals surface area contributed by atoms with Crippen LogP contribution in [-0.2, 0) is 17.6 Å². The molecule has 1 spiro atoms. The summed E-state index contributed by atoms with van der Waals surface area (Å²) in [6.07, 6.45) is 3.38. The van der Waals surface area contributed by atoms with Gasteiger partial charge in [-0.15, -0.1) is 13.2 Å². The number of hydrogen-bond donors (Lipinski definition) is 1. The second kappa shape index (κ2) is 11.7. The molecule has 1 N–H and O–H groups in total. The molecule has 2 atom stereocenters. The van der Waals surface area contributed by atoms with Crippen LogP contribution in [0.1, 0.15) is 75.1 Å². The van der Waals surface area contributed by atoms with Crippen molar-refractivity contribution < 1.29 is 32.5 Å². The molecule has 2 aromatic rings. The molecule has 1 saturated carbocycles. The van der Waals surface area contributed by atoms with Crippen LogP contribution >= 0.6 is 11.6 Å². The Balaban J connectivity index is 0.00000105. The van der Waals surface area contributed by atoms with Gasteiger partial charge in [-0.05, 0) is 74.4 Å². The predicted octanol–water partition coefficient (Wildman–Crippen LogP) is 7.59. The van der Waals surface area contributed by atoms with Crippen LogP contribution in [0.2, 0.25) is 5.02 Å². The van der Waals surface area contributed by atoms with Gasteiger partial charge in [0.15, 0.2) is 0 Å². The van der Waals surface area contributed by atoms with E-state index in [0.29, 0.717) is 30.1 Å². The first-order valence-electron chi connectivity index (χ1n) is 13.3. The lowest BCUT2D eigenvalue weighted by Gasteiger charge is -2.46. The molecule has 208 valence electrons. The fraction of sp³-hybridized carbons (Fsp3) is 0.552. The Morgan fingerprint density at radius 3 is 2.39 bits per heavy atom. The molecule has 0 amide bonds. The number of carboxylic acid groups (broad SMARTS) is 1. The summed E-state index contributed by atoms with van der Waals surface area (Å²) in [5.41, 5.74) is 2.11. The number of aryl methyl sites for hydroxylation is 1. The third kappa shape index (κ3) is 7.56. The lowest BCUT2D eigenvalue weighted by Crippen LogP contribution is -2.50. The number of likely N-dealkylation sites (tertiary alicyclic amines) is 1. The topological polar surface area (TPSA) is 59.0 Å². The minimum absolute atomic E-state index is 0.236. The third-order valence-corrected chi connectivity index (χ3v) is 7.76. The number of piperidine rings is 1. The molecule has 2 heterocycles. The lowest BCUT2D eigenvalue weighted by atomic mass is 9.82. The molecule has 2 aliphatic heterocycles. The van der Waals surface area contributed by atoms with E-state index in [1.807, 2.05) is 25.1 Å². The maximum atomic E-state index is 12.9. The molecule has 0 aromatic heterocycles. The van der Waals surface area contributed by atoms with Gasteiger partial charge in [0.25, 0.3) is 0 Å². The largest absolute Gasteiger partial charge is 0.573 e. The minimum Gasteiger partial charge on any atom is -0.487 e. The molecule has 38 heavy (non-hydrogen) atoms. The average molecular weight is 554 g/mol. The van der Waals surface area contributed by atoms with E-state index in [9.17, 15) is 23.1 Å². The van der Waals surface area contributed by atoms with E-state index in [4.69, 9.17) is 16.3 Å². The summed E-state index contributed by atoms with van der Waals surface area (Å²) in [4.78, 5) is 13.4. The predicted molar refractivity (Wildman–Crippen MR) is 140 cm³/mol. The van der Waals surface area contributed by atoms with Gasteiger partial charge in [-0.2, -0.15) is 0 Å². The normalized spacial score (nSPS) is 19.8. The number of alkyl halides is 3. The molecular formula is C29H35ClF3NO4. The van der Waals surface area contributed by atoms with Crippen molar-refractivity contribution in [1.29, 1.82) is 0 Å². The Morgan fingerprint density at radius 2 is 1.79 bits per heavy atom. The van der Waals surface area contributed by atoms with E-state index in [1.54, 1.807) is 6.92 Å². The fourth-order valence-corrected chi connectivity index (χ4v) is 5.23. The molecule has 1 aliphatic carbocycles. The van der Waals surface area contributed by atoms with Gasteiger partial charge in [0.05, 0.1) is 5.92 Å². The number of halogens is 4. The molecule has 3 aliphatic rings. The Kier molecular flexibility index (Phi) is 8.82. The number of aliphatic carboxylic acids is 1. The standard InChI is InChI=1S/C26H29ClF3NO4.C3H6/c1-16(24(32)33)13-18-3-4-19-7-8-25(34-23(19)14-18)9-11-31(12-10-25)17(2)21-15-20(27)5-6-22(21)35-26(28,29)30;1-2-3-1/h3-6,14-17H,7-13H2,1-2H3,(H,32,33);1-3H2. The van der Waals surface area contributed by atoms with Crippen molar-refractivity contribution in [3.63, 3.8) is 0 Å². The molecule has 2 unspecified atom stereocenters. The molecule has 5 nitrogen and oxygen atoms in total. The average Bonchev–Trinajstić information content (AvgIpc) is 3.74. The van der Waals surface area contributed by atoms with Crippen molar-refractivity contribution >= 4 is 17.6 Å². The number of hydrogen-bond acceptors (Lipinski definition) is 4. The van der Waals surface area contributed by atoms with Gasteiger partial charge in [-0.1, -0.05) is 49.9 Å². The monoisotopic (exact) mass is 553 g/mol. The molecular weight excluding hydrogens is 519 g/mol. The first-order chi connectivity index (χ1) is 17.9. The number of carbonyl (C=O) groups is 1. The van der Waals surface area contributed by atoms with E-state index in [-0.39, 0.29) is 17.4 Å². The van der Waals surface area contributed by atoms with Crippen molar-refractivity contribution in [3.05, 3.63) is 58.1 Å². The van der Waals surface area contributed by atoms with Gasteiger partial charge in [0, 0.05) is 29.7 Å². The molecule has 0 radical (unpaired) electrons. The van der Waals surface area contributed by atoms with Gasteiger partial charge >= 0.3 is 12.3 Å². The maximum Gasteiger partial charge on any atom is 0.573 e. The highest BCUT2D eigenvalue weighted by Gasteiger charge is 2.41. The van der Waals surface area contributed by atoms with E-state index in [2.05, 4.69) is 9.64 Å². The summed E-state index contributed by atoms with van der Waals surface area (Å²) in [7, 11) is 0. The van der Waals surface area contributed by atoms with Gasteiger partial charge in [0.2, 0.25) is 0 Å². The van der Waals surface area contributed by atoms with Gasteiger partial charge in [0.1, 0.15) is 17.1 Å². The van der Waals surface area contributed by atoms with Crippen LogP contribution in [0.15, 0.2) is 36.4 Å². The van der Waals surface area contributed by atoms with Gasteiger partial charge in [-0.25, -0.2) is 0 Å². The highest BCUT2D eigenvalue weighted by atomic mass is 35.5. The summed E-state index contributed by atoms with van der Waals surface area (Å²) >= 11 is 6.09. The highest BCUT2D eigenvalue weighted by Crippen LogP contribution is 2.42. The quantitative estimate of drug-likeness (QED) is 0.399. The lowest BCUT2D eigenvalue weighted by molar-refractivity contribution is -0.275. The third-order valence-electron chi connectivity index (χ3n) is 7.53. The SMILES string of the molecule is C1CC1.CC(Cc1ccc2c(c1)OC1(CC2)CCN(C(C)c2cc(Cl)ccc2OC(F)(F)F)CC1)C(=O)O. The zero-order chi connectivity index (χ0) is 27.5. The number of rotatable bonds is 6. The number of ether oxygens (including phenoxy) is 2. The summed E-state index contributed by atoms with van der Waals surface area (Å²) in [5, 5.41) is 9.57. The van der Waals surface area contributed by atoms with Crippen molar-refractivity contribution in [2.45, 2.75) is 83.2 Å². The summed E-state index contributed by atoms with van der Waals surface area (Å²) in [5.74, 6) is -0.734. The van der Waals surface area contributed by atoms with Crippen LogP contribution in [0.25, 0.3) is 0 Å². The highest BCUT2D eigenvalue weighted by molar-refractivity contribution is 6.30. The smallest absolute Gasteiger partial charge is 0.487 e. The second-order valence-electron chi connectivity index (χ2n) is 10.7. The first kappa shape index (κ1) is 28.6. The number of benzene rings is 2. The Hall–Kier alpha value is -2.45. The zero-order valence-electron chi connectivity index (χ0n) is 21.8. The van der Waals surface area contributed by atoms with Gasteiger partial charge in [-0.3, -0.25) is 9.69 Å². The fourth-order valence-electron chi connectivity index (χ4n) is 5.05. The summed E-state index contributed by atoms with van der Waals surface area (Å²) in [6.45, 7) is 4.86. The van der Waals surface area contributed by atoms with E-state index in [0.717, 1.165) is 42.6 Å². The van der Waals surface area contributed by atoms with Crippen molar-refractivity contribution in [1.82, 2.24) is 4.90 Å². The Bertz CT molecular complexity index is 1130. The van der Waals surface area contributed by atoms with E-state index < -0.39 is 18.2 Å². The molecule has 1 saturated heterocycles. The molecule has 0 bridgehead atoms. The van der Waals surface area contributed by atoms with Crippen LogP contribution in [0, 0.1) is 5.92 Å². The van der Waals surface area contributed by atoms with Gasteiger partial charge < -0.3 is 14.6 Å². The van der Waals surface area contributed by atoms with E-state index in [1.165, 1.54) is 37.5 Å². The molecule has 2 aromatic carbocycles. The molecule has 5 rings (SSSR count). The molecule has 9 heteroatoms. The summed E-state index contributed by atoms with van der Waals surface area (Å²) in [6, 6.07) is 9.81. The van der Waals surface area contributed by atoms with Crippen molar-refractivity contribution in [3.8, 4) is 11.5 Å². The Labute approximate surface area is 226 Å². The minimum atomic E-state index is -4.78. The van der Waals surface area contributed by atoms with Crippen molar-refractivity contribution in [2.24, 2.45) is 5.92 Å². The molecule has 2 fully saturated rings. The Morgan fingerprint density at radius 1 is 1.11 bits per heavy atom. The second-order valence-corrected chi connectivity index (χ2v) is 11.1. The summed E-state index contributed by atoms with van der Waals surface area (Å²) < 4.78 is 49.5. The van der Waals surface area contributed by atoms with Crippen LogP contribution in [0.5, 0.6) is 11.5 Å². The maximum absolute atomic E-state index is 12.9. The van der Waals surface area contributed by atoms with Crippen LogP contribution in [-0.4, -0.2) is 41.0 Å². The first-order valence-corrected chi connectivity index (χ1v) is 13.7. The number of nitrogens with zero attached hydrogens (tertiary/aromatic N) is 1. The van der Waals surface area contributed by atoms with Crippen LogP contribution < -0.4 is 9.47 Å². The van der Waals surface area contributed by atoms with Crippen molar-refractivity contribution in [2.75, 3.05) is 13.1 Å². The van der Waals surface area contributed by atoms with Crippen LogP contribution in [0.4, 0.5) is 13.2 Å².